The molecule has 18 heavy (non-hydrogen) atoms. The van der Waals surface area contributed by atoms with Crippen LogP contribution in [0.15, 0.2) is 42.5 Å². The molecule has 0 saturated heterocycles. The molecule has 2 N–H and O–H groups in total. The summed E-state index contributed by atoms with van der Waals surface area (Å²) in [6.45, 7) is 2.59. The average molecular weight is 245 g/mol. The number of phenolic OH excluding ortho intramolecular Hbond substituents is 1. The Balaban J connectivity index is 2.01. The molecule has 0 fully saturated rings. The first-order valence-corrected chi connectivity index (χ1v) is 5.98. The Morgan fingerprint density at radius 1 is 1.06 bits per heavy atom. The highest BCUT2D eigenvalue weighted by Crippen LogP contribution is 2.16. The topological polar surface area (TPSA) is 32.3 Å². The van der Waals surface area contributed by atoms with E-state index in [4.69, 9.17) is 0 Å². The van der Waals surface area contributed by atoms with Gasteiger partial charge in [0.05, 0.1) is 0 Å². The van der Waals surface area contributed by atoms with Gasteiger partial charge in [-0.2, -0.15) is 0 Å². The maximum absolute atomic E-state index is 13.1. The molecule has 0 amide bonds. The van der Waals surface area contributed by atoms with Crippen LogP contribution in [0.25, 0.3) is 0 Å². The smallest absolute Gasteiger partial charge is 0.127 e. The number of nitrogens with one attached hydrogen (secondary N) is 1. The number of aromatic hydroxyl groups is 1. The molecule has 0 aliphatic carbocycles. The third-order valence-corrected chi connectivity index (χ3v) is 2.80. The molecule has 2 aromatic rings. The monoisotopic (exact) mass is 245 g/mol. The van der Waals surface area contributed by atoms with Crippen molar-refractivity contribution in [1.29, 1.82) is 0 Å². The van der Waals surface area contributed by atoms with Crippen molar-refractivity contribution in [2.45, 2.75) is 19.9 Å². The Kier molecular flexibility index (Phi) is 3.82. The molecule has 0 aliphatic rings. The van der Waals surface area contributed by atoms with Crippen molar-refractivity contribution < 1.29 is 9.50 Å². The molecule has 2 nitrogen and oxygen atoms in total. The number of halogens is 1. The summed E-state index contributed by atoms with van der Waals surface area (Å²) in [5.41, 5.74) is 2.98. The van der Waals surface area contributed by atoms with E-state index in [0.29, 0.717) is 12.1 Å². The Hall–Kier alpha value is -2.03. The zero-order valence-electron chi connectivity index (χ0n) is 10.3. The van der Waals surface area contributed by atoms with Gasteiger partial charge in [-0.15, -0.1) is 0 Å². The summed E-state index contributed by atoms with van der Waals surface area (Å²) in [6, 6.07) is 12.2. The first-order chi connectivity index (χ1) is 8.67. The Labute approximate surface area is 106 Å². The molecule has 94 valence electrons. The summed E-state index contributed by atoms with van der Waals surface area (Å²) in [7, 11) is 0. The number of benzene rings is 2. The number of hydrogen-bond acceptors (Lipinski definition) is 2. The van der Waals surface area contributed by atoms with E-state index in [1.165, 1.54) is 11.6 Å². The maximum Gasteiger partial charge on any atom is 0.127 e. The molecule has 0 radical (unpaired) electrons. The minimum absolute atomic E-state index is 0.0480. The molecule has 0 spiro atoms. The third kappa shape index (κ3) is 3.23. The minimum Gasteiger partial charge on any atom is -0.508 e. The lowest BCUT2D eigenvalue weighted by Gasteiger charge is -2.08. The van der Waals surface area contributed by atoms with Crippen LogP contribution >= 0.6 is 0 Å². The normalized spacial score (nSPS) is 10.3. The molecule has 0 unspecified atom stereocenters. The van der Waals surface area contributed by atoms with E-state index in [2.05, 4.69) is 24.4 Å². The molecule has 0 atom stereocenters. The van der Waals surface area contributed by atoms with Crippen molar-refractivity contribution in [3.05, 3.63) is 59.4 Å². The molecule has 2 rings (SSSR count). The maximum atomic E-state index is 13.1. The first kappa shape index (κ1) is 12.4. The molecule has 0 saturated carbocycles. The van der Waals surface area contributed by atoms with Gasteiger partial charge in [0.15, 0.2) is 0 Å². The predicted molar refractivity (Wildman–Crippen MR) is 71.2 cm³/mol. The van der Waals surface area contributed by atoms with Crippen LogP contribution in [-0.2, 0) is 13.0 Å². The fourth-order valence-electron chi connectivity index (χ4n) is 1.80. The number of rotatable bonds is 4. The molecular formula is C15H16FNO. The van der Waals surface area contributed by atoms with Crippen molar-refractivity contribution in [1.82, 2.24) is 0 Å². The van der Waals surface area contributed by atoms with E-state index in [-0.39, 0.29) is 5.75 Å². The van der Waals surface area contributed by atoms with Crippen LogP contribution in [0, 0.1) is 5.82 Å². The van der Waals surface area contributed by atoms with Crippen LogP contribution in [0.3, 0.4) is 0 Å². The Morgan fingerprint density at radius 3 is 2.39 bits per heavy atom. The van der Waals surface area contributed by atoms with Gasteiger partial charge >= 0.3 is 0 Å². The van der Waals surface area contributed by atoms with Crippen molar-refractivity contribution in [3.63, 3.8) is 0 Å². The van der Waals surface area contributed by atoms with Crippen LogP contribution in [-0.4, -0.2) is 5.11 Å². The highest BCUT2D eigenvalue weighted by atomic mass is 19.1. The quantitative estimate of drug-likeness (QED) is 0.860. The van der Waals surface area contributed by atoms with Crippen LogP contribution in [0.5, 0.6) is 5.75 Å². The fraction of sp³-hybridized carbons (Fsp3) is 0.200. The van der Waals surface area contributed by atoms with Crippen LogP contribution in [0.1, 0.15) is 18.1 Å². The molecule has 0 aliphatic heterocycles. The van der Waals surface area contributed by atoms with E-state index < -0.39 is 5.82 Å². The molecule has 2 aromatic carbocycles. The lowest BCUT2D eigenvalue weighted by atomic mass is 10.1. The van der Waals surface area contributed by atoms with Gasteiger partial charge in [-0.25, -0.2) is 4.39 Å². The van der Waals surface area contributed by atoms with Gasteiger partial charge in [-0.05, 0) is 41.8 Å². The predicted octanol–water partition coefficient (Wildman–Crippen LogP) is 3.71. The van der Waals surface area contributed by atoms with Gasteiger partial charge in [0, 0.05) is 18.3 Å². The lowest BCUT2D eigenvalue weighted by Crippen LogP contribution is -1.99. The number of anilines is 1. The van der Waals surface area contributed by atoms with Gasteiger partial charge < -0.3 is 10.4 Å². The van der Waals surface area contributed by atoms with E-state index in [1.54, 1.807) is 6.07 Å². The van der Waals surface area contributed by atoms with Gasteiger partial charge in [0.2, 0.25) is 0 Å². The number of aryl methyl sites for hydroxylation is 1. The molecule has 0 aromatic heterocycles. The van der Waals surface area contributed by atoms with Gasteiger partial charge in [-0.3, -0.25) is 0 Å². The first-order valence-electron chi connectivity index (χ1n) is 5.98. The van der Waals surface area contributed by atoms with E-state index in [1.807, 2.05) is 12.1 Å². The fourth-order valence-corrected chi connectivity index (χ4v) is 1.80. The highest BCUT2D eigenvalue weighted by molar-refractivity contribution is 5.45. The molecular weight excluding hydrogens is 229 g/mol. The van der Waals surface area contributed by atoms with Crippen molar-refractivity contribution in [2.24, 2.45) is 0 Å². The highest BCUT2D eigenvalue weighted by Gasteiger charge is 2.00. The lowest BCUT2D eigenvalue weighted by molar-refractivity contribution is 0.468. The summed E-state index contributed by atoms with van der Waals surface area (Å²) in [4.78, 5) is 0. The second-order valence-electron chi connectivity index (χ2n) is 4.22. The second kappa shape index (κ2) is 5.54. The van der Waals surface area contributed by atoms with Crippen LogP contribution in [0.4, 0.5) is 10.1 Å². The van der Waals surface area contributed by atoms with Gasteiger partial charge in [-0.1, -0.05) is 19.1 Å². The summed E-state index contributed by atoms with van der Waals surface area (Å²) < 4.78 is 13.1. The van der Waals surface area contributed by atoms with Crippen LogP contribution in [0.2, 0.25) is 0 Å². The Morgan fingerprint density at radius 2 is 1.78 bits per heavy atom. The zero-order chi connectivity index (χ0) is 13.0. The van der Waals surface area contributed by atoms with Gasteiger partial charge in [0.1, 0.15) is 11.6 Å². The summed E-state index contributed by atoms with van der Waals surface area (Å²) >= 11 is 0. The summed E-state index contributed by atoms with van der Waals surface area (Å²) in [5.74, 6) is -0.471. The molecule has 0 bridgehead atoms. The molecule has 0 heterocycles. The number of hydrogen-bond donors (Lipinski definition) is 2. The SMILES string of the molecule is CCc1ccc(NCc2cc(O)cc(F)c2)cc1. The van der Waals surface area contributed by atoms with Crippen molar-refractivity contribution in [3.8, 4) is 5.75 Å². The largest absolute Gasteiger partial charge is 0.508 e. The Bertz CT molecular complexity index is 502. The van der Waals surface area contributed by atoms with Crippen molar-refractivity contribution in [2.75, 3.05) is 5.32 Å². The van der Waals surface area contributed by atoms with Crippen molar-refractivity contribution >= 4 is 5.69 Å². The summed E-state index contributed by atoms with van der Waals surface area (Å²) in [6.07, 6.45) is 1.01. The zero-order valence-corrected chi connectivity index (χ0v) is 10.3. The number of phenols is 1. The molecule has 3 heteroatoms. The minimum atomic E-state index is -0.423. The average Bonchev–Trinajstić information content (AvgIpc) is 2.36. The standard InChI is InChI=1S/C15H16FNO/c1-2-11-3-5-14(6-4-11)17-10-12-7-13(16)9-15(18)8-12/h3-9,17-18H,2,10H2,1H3. The third-order valence-electron chi connectivity index (χ3n) is 2.80. The summed E-state index contributed by atoms with van der Waals surface area (Å²) in [5, 5.41) is 12.5. The van der Waals surface area contributed by atoms with Crippen LogP contribution < -0.4 is 5.32 Å². The second-order valence-corrected chi connectivity index (χ2v) is 4.22. The van der Waals surface area contributed by atoms with E-state index >= 15 is 0 Å². The van der Waals surface area contributed by atoms with Gasteiger partial charge in [0.25, 0.3) is 0 Å². The van der Waals surface area contributed by atoms with E-state index in [9.17, 15) is 9.50 Å². The van der Waals surface area contributed by atoms with E-state index in [0.717, 1.165) is 18.2 Å².